The van der Waals surface area contributed by atoms with E-state index >= 15 is 0 Å². The van der Waals surface area contributed by atoms with Gasteiger partial charge < -0.3 is 5.32 Å². The summed E-state index contributed by atoms with van der Waals surface area (Å²) < 4.78 is 2.27. The van der Waals surface area contributed by atoms with E-state index in [0.717, 1.165) is 15.5 Å². The minimum atomic E-state index is 1.04. The lowest BCUT2D eigenvalue weighted by Crippen LogP contribution is -2.03. The topological polar surface area (TPSA) is 12.0 Å². The van der Waals surface area contributed by atoms with Crippen LogP contribution in [0.1, 0.15) is 38.2 Å². The van der Waals surface area contributed by atoms with Gasteiger partial charge in [-0.2, -0.15) is 0 Å². The Bertz CT molecular complexity index is 314. The average molecular weight is 349 g/mol. The Morgan fingerprint density at radius 2 is 1.69 bits per heavy atom. The standard InChI is InChI=1S/C13H19Br2N/c1-3-4-5-6-7-16-13-11(14)8-10(2)9-12(13)15/h8-9,16H,3-7H2,1-2H3. The lowest BCUT2D eigenvalue weighted by Gasteiger charge is -2.11. The van der Waals surface area contributed by atoms with Crippen molar-refractivity contribution >= 4 is 37.5 Å². The fourth-order valence-electron chi connectivity index (χ4n) is 1.63. The molecular formula is C13H19Br2N. The third-order valence-corrected chi connectivity index (χ3v) is 3.77. The molecule has 0 radical (unpaired) electrons. The van der Waals surface area contributed by atoms with Gasteiger partial charge in [0.25, 0.3) is 0 Å². The van der Waals surface area contributed by atoms with Crippen molar-refractivity contribution in [3.8, 4) is 0 Å². The Kier molecular flexibility index (Phi) is 6.44. The molecule has 1 N–H and O–H groups in total. The van der Waals surface area contributed by atoms with Crippen molar-refractivity contribution in [2.24, 2.45) is 0 Å². The van der Waals surface area contributed by atoms with Gasteiger partial charge in [-0.25, -0.2) is 0 Å². The maximum atomic E-state index is 3.59. The Labute approximate surface area is 115 Å². The lowest BCUT2D eigenvalue weighted by atomic mass is 10.2. The molecule has 0 spiro atoms. The smallest absolute Gasteiger partial charge is 0.0629 e. The molecule has 3 heteroatoms. The SMILES string of the molecule is CCCCCCNc1c(Br)cc(C)cc1Br. The fourth-order valence-corrected chi connectivity index (χ4v) is 3.33. The van der Waals surface area contributed by atoms with Crippen LogP contribution in [0.3, 0.4) is 0 Å². The van der Waals surface area contributed by atoms with E-state index in [1.807, 2.05) is 0 Å². The van der Waals surface area contributed by atoms with Gasteiger partial charge in [-0.15, -0.1) is 0 Å². The molecular weight excluding hydrogens is 330 g/mol. The number of anilines is 1. The molecule has 1 aromatic rings. The van der Waals surface area contributed by atoms with Crippen molar-refractivity contribution < 1.29 is 0 Å². The number of hydrogen-bond acceptors (Lipinski definition) is 1. The predicted octanol–water partition coefficient (Wildman–Crippen LogP) is 5.51. The van der Waals surface area contributed by atoms with Crippen molar-refractivity contribution in [2.75, 3.05) is 11.9 Å². The summed E-state index contributed by atoms with van der Waals surface area (Å²) in [6.45, 7) is 5.38. The van der Waals surface area contributed by atoms with Crippen molar-refractivity contribution in [2.45, 2.75) is 39.5 Å². The van der Waals surface area contributed by atoms with E-state index in [1.165, 1.54) is 36.9 Å². The van der Waals surface area contributed by atoms with Crippen LogP contribution in [0.5, 0.6) is 0 Å². The highest BCUT2D eigenvalue weighted by Crippen LogP contribution is 2.32. The van der Waals surface area contributed by atoms with Gasteiger partial charge in [-0.3, -0.25) is 0 Å². The van der Waals surface area contributed by atoms with Crippen LogP contribution in [0.25, 0.3) is 0 Å². The molecule has 1 rings (SSSR count). The van der Waals surface area contributed by atoms with Crippen molar-refractivity contribution in [1.29, 1.82) is 0 Å². The van der Waals surface area contributed by atoms with Gasteiger partial charge >= 0.3 is 0 Å². The normalized spacial score (nSPS) is 10.5. The molecule has 1 nitrogen and oxygen atoms in total. The zero-order chi connectivity index (χ0) is 12.0. The Morgan fingerprint density at radius 1 is 1.06 bits per heavy atom. The van der Waals surface area contributed by atoms with Crippen LogP contribution < -0.4 is 5.32 Å². The molecule has 0 aliphatic rings. The van der Waals surface area contributed by atoms with E-state index in [0.29, 0.717) is 0 Å². The highest BCUT2D eigenvalue weighted by molar-refractivity contribution is 9.11. The summed E-state index contributed by atoms with van der Waals surface area (Å²) in [5, 5.41) is 3.47. The maximum Gasteiger partial charge on any atom is 0.0629 e. The largest absolute Gasteiger partial charge is 0.383 e. The number of benzene rings is 1. The molecule has 16 heavy (non-hydrogen) atoms. The summed E-state index contributed by atoms with van der Waals surface area (Å²) in [5.41, 5.74) is 2.43. The minimum Gasteiger partial charge on any atom is -0.383 e. The van der Waals surface area contributed by atoms with E-state index in [4.69, 9.17) is 0 Å². The second-order valence-electron chi connectivity index (χ2n) is 4.09. The van der Waals surface area contributed by atoms with Gasteiger partial charge in [0, 0.05) is 15.5 Å². The highest BCUT2D eigenvalue weighted by atomic mass is 79.9. The van der Waals surface area contributed by atoms with Gasteiger partial charge in [-0.05, 0) is 62.9 Å². The number of halogens is 2. The van der Waals surface area contributed by atoms with Crippen LogP contribution in [0.15, 0.2) is 21.1 Å². The number of nitrogens with one attached hydrogen (secondary N) is 1. The molecule has 1 aromatic carbocycles. The third-order valence-electron chi connectivity index (χ3n) is 2.52. The molecule has 0 amide bonds. The van der Waals surface area contributed by atoms with Crippen LogP contribution in [0.2, 0.25) is 0 Å². The molecule has 0 saturated heterocycles. The van der Waals surface area contributed by atoms with Gasteiger partial charge in [0.05, 0.1) is 5.69 Å². The van der Waals surface area contributed by atoms with Crippen LogP contribution in [-0.4, -0.2) is 6.54 Å². The van der Waals surface area contributed by atoms with E-state index in [9.17, 15) is 0 Å². The maximum absolute atomic E-state index is 3.59. The quantitative estimate of drug-likeness (QED) is 0.668. The molecule has 0 aromatic heterocycles. The van der Waals surface area contributed by atoms with Gasteiger partial charge in [0.15, 0.2) is 0 Å². The van der Waals surface area contributed by atoms with Crippen LogP contribution >= 0.6 is 31.9 Å². The van der Waals surface area contributed by atoms with Crippen LogP contribution in [0, 0.1) is 6.92 Å². The van der Waals surface area contributed by atoms with Crippen LogP contribution in [-0.2, 0) is 0 Å². The summed E-state index contributed by atoms with van der Waals surface area (Å²) in [6.07, 6.45) is 5.17. The summed E-state index contributed by atoms with van der Waals surface area (Å²) in [5.74, 6) is 0. The van der Waals surface area contributed by atoms with E-state index in [-0.39, 0.29) is 0 Å². The average Bonchev–Trinajstić information content (AvgIpc) is 2.20. The first-order valence-electron chi connectivity index (χ1n) is 5.84. The fraction of sp³-hybridized carbons (Fsp3) is 0.538. The first-order valence-corrected chi connectivity index (χ1v) is 7.43. The summed E-state index contributed by atoms with van der Waals surface area (Å²) in [7, 11) is 0. The highest BCUT2D eigenvalue weighted by Gasteiger charge is 2.04. The molecule has 0 aliphatic carbocycles. The zero-order valence-electron chi connectivity index (χ0n) is 9.95. The molecule has 0 bridgehead atoms. The van der Waals surface area contributed by atoms with Crippen LogP contribution in [0.4, 0.5) is 5.69 Å². The second-order valence-corrected chi connectivity index (χ2v) is 5.80. The number of rotatable bonds is 6. The summed E-state index contributed by atoms with van der Waals surface area (Å²) in [4.78, 5) is 0. The van der Waals surface area contributed by atoms with Gasteiger partial charge in [0.1, 0.15) is 0 Å². The number of unbranched alkanes of at least 4 members (excludes halogenated alkanes) is 3. The Hall–Kier alpha value is -0.0200. The predicted molar refractivity (Wildman–Crippen MR) is 79.2 cm³/mol. The monoisotopic (exact) mass is 347 g/mol. The van der Waals surface area contributed by atoms with Crippen molar-refractivity contribution in [3.05, 3.63) is 26.6 Å². The molecule has 0 saturated carbocycles. The molecule has 0 unspecified atom stereocenters. The second kappa shape index (κ2) is 7.33. The first-order chi connectivity index (χ1) is 7.65. The molecule has 0 heterocycles. The third kappa shape index (κ3) is 4.46. The zero-order valence-corrected chi connectivity index (χ0v) is 13.1. The van der Waals surface area contributed by atoms with Gasteiger partial charge in [0.2, 0.25) is 0 Å². The van der Waals surface area contributed by atoms with E-state index in [2.05, 4.69) is 63.2 Å². The van der Waals surface area contributed by atoms with E-state index < -0.39 is 0 Å². The first kappa shape index (κ1) is 14.0. The van der Waals surface area contributed by atoms with E-state index in [1.54, 1.807) is 0 Å². The lowest BCUT2D eigenvalue weighted by molar-refractivity contribution is 0.685. The number of hydrogen-bond donors (Lipinski definition) is 1. The minimum absolute atomic E-state index is 1.04. The summed E-state index contributed by atoms with van der Waals surface area (Å²) >= 11 is 7.18. The molecule has 0 aliphatic heterocycles. The van der Waals surface area contributed by atoms with Crippen molar-refractivity contribution in [1.82, 2.24) is 0 Å². The molecule has 90 valence electrons. The number of aryl methyl sites for hydroxylation is 1. The van der Waals surface area contributed by atoms with Crippen molar-refractivity contribution in [3.63, 3.8) is 0 Å². The van der Waals surface area contributed by atoms with Gasteiger partial charge in [-0.1, -0.05) is 26.2 Å². The summed E-state index contributed by atoms with van der Waals surface area (Å²) in [6, 6.07) is 4.28. The molecule has 0 atom stereocenters. The molecule has 0 fully saturated rings. The Balaban J connectivity index is 2.47. The Morgan fingerprint density at radius 3 is 2.25 bits per heavy atom.